The van der Waals surface area contributed by atoms with E-state index >= 15 is 0 Å². The van der Waals surface area contributed by atoms with Crippen LogP contribution in [0.1, 0.15) is 12.8 Å². The number of aliphatic carboxylic acids is 1. The highest BCUT2D eigenvalue weighted by atomic mass is 19.4. The monoisotopic (exact) mass is 215 g/mol. The molecule has 0 amide bonds. The van der Waals surface area contributed by atoms with Crippen molar-refractivity contribution in [2.24, 2.45) is 0 Å². The number of alkyl halides is 3. The minimum absolute atomic E-state index is 0.306. The first-order chi connectivity index (χ1) is 6.38. The number of rotatable bonds is 1. The molecule has 0 aliphatic carbocycles. The minimum atomic E-state index is -5.08. The number of carboxylic acids is 1. The van der Waals surface area contributed by atoms with Crippen LogP contribution in [0.3, 0.4) is 0 Å². The molecule has 1 aliphatic heterocycles. The SMILES string of the molecule is O=C(O)C(F)(F)F.OCC1CCCN1. The Morgan fingerprint density at radius 2 is 2.00 bits per heavy atom. The van der Waals surface area contributed by atoms with Gasteiger partial charge in [0.2, 0.25) is 0 Å². The number of halogens is 3. The van der Waals surface area contributed by atoms with Crippen molar-refractivity contribution < 1.29 is 28.2 Å². The fraction of sp³-hybridized carbons (Fsp3) is 0.857. The lowest BCUT2D eigenvalue weighted by molar-refractivity contribution is -0.192. The fourth-order valence-corrected chi connectivity index (χ4v) is 0.913. The first-order valence-corrected chi connectivity index (χ1v) is 4.02. The van der Waals surface area contributed by atoms with Gasteiger partial charge in [0.1, 0.15) is 0 Å². The second kappa shape index (κ2) is 5.82. The first kappa shape index (κ1) is 13.2. The summed E-state index contributed by atoms with van der Waals surface area (Å²) in [6.45, 7) is 1.39. The van der Waals surface area contributed by atoms with Crippen molar-refractivity contribution in [2.75, 3.05) is 13.2 Å². The topological polar surface area (TPSA) is 69.6 Å². The second-order valence-electron chi connectivity index (χ2n) is 2.78. The van der Waals surface area contributed by atoms with E-state index in [4.69, 9.17) is 15.0 Å². The summed E-state index contributed by atoms with van der Waals surface area (Å²) in [6.07, 6.45) is -2.71. The van der Waals surface area contributed by atoms with Crippen molar-refractivity contribution in [3.63, 3.8) is 0 Å². The van der Waals surface area contributed by atoms with E-state index in [0.717, 1.165) is 13.0 Å². The van der Waals surface area contributed by atoms with Crippen molar-refractivity contribution in [1.82, 2.24) is 5.32 Å². The number of aliphatic hydroxyl groups excluding tert-OH is 1. The smallest absolute Gasteiger partial charge is 0.475 e. The molecule has 1 rings (SSSR count). The van der Waals surface area contributed by atoms with Gasteiger partial charge in [-0.15, -0.1) is 0 Å². The molecule has 0 aromatic heterocycles. The number of hydrogen-bond acceptors (Lipinski definition) is 3. The van der Waals surface area contributed by atoms with E-state index in [-0.39, 0.29) is 0 Å². The zero-order valence-electron chi connectivity index (χ0n) is 7.34. The molecule has 1 atom stereocenters. The maximum Gasteiger partial charge on any atom is 0.490 e. The maximum absolute atomic E-state index is 10.6. The predicted molar refractivity (Wildman–Crippen MR) is 41.8 cm³/mol. The molecule has 0 saturated carbocycles. The fourth-order valence-electron chi connectivity index (χ4n) is 0.913. The molecule has 0 aromatic carbocycles. The highest BCUT2D eigenvalue weighted by Gasteiger charge is 2.38. The van der Waals surface area contributed by atoms with Crippen molar-refractivity contribution in [3.05, 3.63) is 0 Å². The number of hydrogen-bond donors (Lipinski definition) is 3. The zero-order valence-corrected chi connectivity index (χ0v) is 7.34. The minimum Gasteiger partial charge on any atom is -0.475 e. The lowest BCUT2D eigenvalue weighted by Crippen LogP contribution is -2.24. The molecular formula is C7H12F3NO3. The van der Waals surface area contributed by atoms with E-state index in [9.17, 15) is 13.2 Å². The van der Waals surface area contributed by atoms with E-state index < -0.39 is 12.1 Å². The summed E-state index contributed by atoms with van der Waals surface area (Å²) in [5, 5.41) is 18.8. The van der Waals surface area contributed by atoms with Crippen LogP contribution in [-0.2, 0) is 4.79 Å². The van der Waals surface area contributed by atoms with Crippen LogP contribution >= 0.6 is 0 Å². The van der Waals surface area contributed by atoms with Crippen LogP contribution in [0.25, 0.3) is 0 Å². The third-order valence-corrected chi connectivity index (χ3v) is 1.63. The van der Waals surface area contributed by atoms with Crippen molar-refractivity contribution in [1.29, 1.82) is 0 Å². The largest absolute Gasteiger partial charge is 0.490 e. The molecule has 1 saturated heterocycles. The summed E-state index contributed by atoms with van der Waals surface area (Å²) in [7, 11) is 0. The summed E-state index contributed by atoms with van der Waals surface area (Å²) < 4.78 is 31.7. The third kappa shape index (κ3) is 5.76. The van der Waals surface area contributed by atoms with Crippen LogP contribution in [0, 0.1) is 0 Å². The molecular weight excluding hydrogens is 203 g/mol. The van der Waals surface area contributed by atoms with Crippen molar-refractivity contribution in [3.8, 4) is 0 Å². The van der Waals surface area contributed by atoms with Gasteiger partial charge in [-0.05, 0) is 19.4 Å². The molecule has 3 N–H and O–H groups in total. The van der Waals surface area contributed by atoms with Gasteiger partial charge in [0.05, 0.1) is 6.61 Å². The lowest BCUT2D eigenvalue weighted by Gasteiger charge is -2.01. The van der Waals surface area contributed by atoms with Gasteiger partial charge in [-0.25, -0.2) is 4.79 Å². The molecule has 1 unspecified atom stereocenters. The Morgan fingerprint density at radius 3 is 2.14 bits per heavy atom. The van der Waals surface area contributed by atoms with Gasteiger partial charge in [-0.1, -0.05) is 0 Å². The van der Waals surface area contributed by atoms with Crippen LogP contribution in [0.15, 0.2) is 0 Å². The molecule has 1 aliphatic rings. The van der Waals surface area contributed by atoms with Crippen molar-refractivity contribution >= 4 is 5.97 Å². The highest BCUT2D eigenvalue weighted by Crippen LogP contribution is 2.13. The molecule has 4 nitrogen and oxygen atoms in total. The van der Waals surface area contributed by atoms with E-state index in [1.54, 1.807) is 0 Å². The van der Waals surface area contributed by atoms with E-state index in [0.29, 0.717) is 12.6 Å². The Hall–Kier alpha value is -0.820. The Bertz CT molecular complexity index is 178. The summed E-state index contributed by atoms with van der Waals surface area (Å²) in [4.78, 5) is 8.90. The molecule has 0 bridgehead atoms. The summed E-state index contributed by atoms with van der Waals surface area (Å²) in [5.74, 6) is -2.76. The van der Waals surface area contributed by atoms with Gasteiger partial charge in [0, 0.05) is 6.04 Å². The molecule has 1 fully saturated rings. The van der Waals surface area contributed by atoms with Crippen LogP contribution < -0.4 is 5.32 Å². The van der Waals surface area contributed by atoms with Gasteiger partial charge in [-0.2, -0.15) is 13.2 Å². The Labute approximate surface area is 78.7 Å². The van der Waals surface area contributed by atoms with Gasteiger partial charge < -0.3 is 15.5 Å². The highest BCUT2D eigenvalue weighted by molar-refractivity contribution is 5.73. The predicted octanol–water partition coefficient (Wildman–Crippen LogP) is 0.364. The Kier molecular flexibility index (Phi) is 5.47. The number of nitrogens with one attached hydrogen (secondary N) is 1. The number of carbonyl (C=O) groups is 1. The molecule has 0 aromatic rings. The Balaban J connectivity index is 0.000000241. The molecule has 84 valence electrons. The molecule has 14 heavy (non-hydrogen) atoms. The standard InChI is InChI=1S/C5H11NO.C2HF3O2/c7-4-5-2-1-3-6-5;3-2(4,5)1(6)7/h5-7H,1-4H2;(H,6,7). The Morgan fingerprint density at radius 1 is 1.50 bits per heavy atom. The normalized spacial score (nSPS) is 21.3. The molecule has 0 spiro atoms. The number of aliphatic hydroxyl groups is 1. The summed E-state index contributed by atoms with van der Waals surface area (Å²) in [6, 6.07) is 0.403. The molecule has 0 radical (unpaired) electrons. The summed E-state index contributed by atoms with van der Waals surface area (Å²) >= 11 is 0. The van der Waals surface area contributed by atoms with Gasteiger partial charge >= 0.3 is 12.1 Å². The average Bonchev–Trinajstić information content (AvgIpc) is 2.54. The maximum atomic E-state index is 10.6. The molecule has 7 heteroatoms. The third-order valence-electron chi connectivity index (χ3n) is 1.63. The van der Waals surface area contributed by atoms with Gasteiger partial charge in [0.15, 0.2) is 0 Å². The van der Waals surface area contributed by atoms with E-state index in [1.165, 1.54) is 6.42 Å². The zero-order chi connectivity index (χ0) is 11.2. The van der Waals surface area contributed by atoms with Gasteiger partial charge in [-0.3, -0.25) is 0 Å². The van der Waals surface area contributed by atoms with Crippen molar-refractivity contribution in [2.45, 2.75) is 25.1 Å². The van der Waals surface area contributed by atoms with Crippen LogP contribution in [0.2, 0.25) is 0 Å². The first-order valence-electron chi connectivity index (χ1n) is 4.02. The van der Waals surface area contributed by atoms with E-state index in [2.05, 4.69) is 5.32 Å². The summed E-state index contributed by atoms with van der Waals surface area (Å²) in [5.41, 5.74) is 0. The van der Waals surface area contributed by atoms with Gasteiger partial charge in [0.25, 0.3) is 0 Å². The quantitative estimate of drug-likeness (QED) is 0.590. The average molecular weight is 215 g/mol. The molecule has 1 heterocycles. The van der Waals surface area contributed by atoms with Crippen LogP contribution in [0.4, 0.5) is 13.2 Å². The number of carboxylic acid groups (broad SMARTS) is 1. The van der Waals surface area contributed by atoms with Crippen LogP contribution in [0.5, 0.6) is 0 Å². The van der Waals surface area contributed by atoms with E-state index in [1.807, 2.05) is 0 Å². The van der Waals surface area contributed by atoms with Crippen LogP contribution in [-0.4, -0.2) is 41.6 Å². The second-order valence-corrected chi connectivity index (χ2v) is 2.78. The lowest BCUT2D eigenvalue weighted by atomic mass is 10.2.